The highest BCUT2D eigenvalue weighted by Crippen LogP contribution is 2.25. The van der Waals surface area contributed by atoms with Crippen molar-refractivity contribution in [1.82, 2.24) is 9.88 Å². The van der Waals surface area contributed by atoms with Crippen LogP contribution in [0.15, 0.2) is 48.7 Å². The molecule has 0 aliphatic carbocycles. The number of allylic oxidation sites excluding steroid dienone is 1. The molecule has 0 radical (unpaired) electrons. The fourth-order valence-electron chi connectivity index (χ4n) is 3.67. The molecule has 4 rings (SSSR count). The van der Waals surface area contributed by atoms with Crippen molar-refractivity contribution in [3.8, 4) is 11.6 Å². The van der Waals surface area contributed by atoms with E-state index in [-0.39, 0.29) is 0 Å². The highest BCUT2D eigenvalue weighted by Gasteiger charge is 2.16. The third kappa shape index (κ3) is 4.37. The first-order valence-corrected chi connectivity index (χ1v) is 9.87. The van der Waals surface area contributed by atoms with Crippen molar-refractivity contribution in [1.29, 1.82) is 0 Å². The van der Waals surface area contributed by atoms with Gasteiger partial charge >= 0.3 is 0 Å². The van der Waals surface area contributed by atoms with E-state index >= 15 is 0 Å². The van der Waals surface area contributed by atoms with Gasteiger partial charge in [0.25, 0.3) is 0 Å². The summed E-state index contributed by atoms with van der Waals surface area (Å²) in [5.74, 6) is 2.43. The van der Waals surface area contributed by atoms with Crippen molar-refractivity contribution in [2.75, 3.05) is 32.1 Å². The number of aromatic nitrogens is 1. The molecule has 1 aromatic heterocycles. The lowest BCUT2D eigenvalue weighted by Gasteiger charge is -2.29. The van der Waals surface area contributed by atoms with Gasteiger partial charge in [-0.2, -0.15) is 4.98 Å². The molecule has 1 aromatic carbocycles. The van der Waals surface area contributed by atoms with Crippen molar-refractivity contribution in [3.63, 3.8) is 0 Å². The molecule has 5 heteroatoms. The summed E-state index contributed by atoms with van der Waals surface area (Å²) in [7, 11) is 1.73. The van der Waals surface area contributed by atoms with E-state index in [9.17, 15) is 0 Å². The summed E-state index contributed by atoms with van der Waals surface area (Å²) < 4.78 is 11.2. The minimum atomic E-state index is 0.662. The zero-order valence-corrected chi connectivity index (χ0v) is 16.4. The Morgan fingerprint density at radius 3 is 2.96 bits per heavy atom. The summed E-state index contributed by atoms with van der Waals surface area (Å²) in [6, 6.07) is 10.4. The lowest BCUT2D eigenvalue weighted by Crippen LogP contribution is -2.31. The fraction of sp³-hybridized carbons (Fsp3) is 0.348. The summed E-state index contributed by atoms with van der Waals surface area (Å²) in [4.78, 5) is 7.05. The smallest absolute Gasteiger partial charge is 0.215 e. The molecule has 5 nitrogen and oxygen atoms in total. The van der Waals surface area contributed by atoms with Crippen LogP contribution in [0.4, 0.5) is 5.82 Å². The molecule has 2 aliphatic rings. The van der Waals surface area contributed by atoms with E-state index in [1.165, 1.54) is 11.1 Å². The minimum absolute atomic E-state index is 0.662. The molecule has 3 heterocycles. The van der Waals surface area contributed by atoms with Gasteiger partial charge in [-0.3, -0.25) is 4.90 Å². The van der Waals surface area contributed by atoms with E-state index in [2.05, 4.69) is 40.0 Å². The van der Waals surface area contributed by atoms with Crippen LogP contribution in [-0.4, -0.2) is 36.7 Å². The number of pyridine rings is 1. The van der Waals surface area contributed by atoms with Crippen molar-refractivity contribution in [2.45, 2.75) is 25.8 Å². The number of rotatable bonds is 7. The van der Waals surface area contributed by atoms with Gasteiger partial charge in [0, 0.05) is 30.4 Å². The predicted molar refractivity (Wildman–Crippen MR) is 113 cm³/mol. The van der Waals surface area contributed by atoms with Crippen LogP contribution in [0.25, 0.3) is 6.08 Å². The topological polar surface area (TPSA) is 46.6 Å². The average molecular weight is 377 g/mol. The van der Waals surface area contributed by atoms with Gasteiger partial charge in [0.15, 0.2) is 0 Å². The maximum atomic E-state index is 5.84. The monoisotopic (exact) mass is 377 g/mol. The molecule has 0 saturated heterocycles. The molecular weight excluding hydrogens is 350 g/mol. The molecule has 0 bridgehead atoms. The van der Waals surface area contributed by atoms with E-state index in [4.69, 9.17) is 9.47 Å². The summed E-state index contributed by atoms with van der Waals surface area (Å²) in [6.45, 7) is 7.82. The minimum Gasteiger partial charge on any atom is -0.497 e. The lowest BCUT2D eigenvalue weighted by molar-refractivity contribution is 0.233. The second-order valence-electron chi connectivity index (χ2n) is 7.29. The van der Waals surface area contributed by atoms with Crippen LogP contribution in [0.5, 0.6) is 11.6 Å². The maximum Gasteiger partial charge on any atom is 0.215 e. The van der Waals surface area contributed by atoms with E-state index in [1.807, 2.05) is 24.3 Å². The Labute approximate surface area is 166 Å². The largest absolute Gasteiger partial charge is 0.497 e. The van der Waals surface area contributed by atoms with E-state index < -0.39 is 0 Å². The van der Waals surface area contributed by atoms with Gasteiger partial charge in [0.05, 0.1) is 13.7 Å². The van der Waals surface area contributed by atoms with Crippen LogP contribution in [0.1, 0.15) is 29.5 Å². The molecule has 0 atom stereocenters. The van der Waals surface area contributed by atoms with Gasteiger partial charge in [-0.1, -0.05) is 12.6 Å². The highest BCUT2D eigenvalue weighted by molar-refractivity contribution is 5.71. The third-order valence-corrected chi connectivity index (χ3v) is 5.27. The second-order valence-corrected chi connectivity index (χ2v) is 7.29. The number of hydrogen-bond acceptors (Lipinski definition) is 5. The molecule has 146 valence electrons. The van der Waals surface area contributed by atoms with Crippen LogP contribution >= 0.6 is 0 Å². The van der Waals surface area contributed by atoms with E-state index in [0.717, 1.165) is 61.7 Å². The predicted octanol–water partition coefficient (Wildman–Crippen LogP) is 4.26. The number of unbranched alkanes of at least 4 members (excludes halogenated alkanes) is 1. The molecule has 0 unspecified atom stereocenters. The second kappa shape index (κ2) is 8.48. The standard InChI is InChI=1S/C23H27N3O2/c1-17-5-6-18-8-10-22(25-23(18)24-17)28-14-4-3-12-26-13-11-19-15-21(27-2)9-7-20(19)16-26/h5-10,15H,1,3-4,11-14,16H2,2H3,(H,24,25). The number of benzene rings is 1. The van der Waals surface area contributed by atoms with Gasteiger partial charge in [0.2, 0.25) is 5.88 Å². The first kappa shape index (κ1) is 18.6. The number of methoxy groups -OCH3 is 1. The Hall–Kier alpha value is -2.79. The molecule has 0 fully saturated rings. The normalized spacial score (nSPS) is 15.5. The molecule has 1 N–H and O–H groups in total. The van der Waals surface area contributed by atoms with Crippen molar-refractivity contribution in [3.05, 3.63) is 65.4 Å². The summed E-state index contributed by atoms with van der Waals surface area (Å²) in [5.41, 5.74) is 4.75. The van der Waals surface area contributed by atoms with Gasteiger partial charge in [-0.25, -0.2) is 0 Å². The quantitative estimate of drug-likeness (QED) is 0.731. The molecule has 0 amide bonds. The molecular formula is C23H27N3O2. The first-order valence-electron chi connectivity index (χ1n) is 9.87. The molecule has 28 heavy (non-hydrogen) atoms. The lowest BCUT2D eigenvalue weighted by atomic mass is 9.99. The van der Waals surface area contributed by atoms with Crippen molar-refractivity contribution in [2.24, 2.45) is 0 Å². The number of fused-ring (bicyclic) bond motifs is 2. The number of nitrogens with zero attached hydrogens (tertiary/aromatic N) is 2. The van der Waals surface area contributed by atoms with Gasteiger partial charge in [-0.15, -0.1) is 0 Å². The molecule has 2 aliphatic heterocycles. The SMILES string of the molecule is C=C1C=Cc2ccc(OCCCCN3CCc4cc(OC)ccc4C3)nc2N1. The highest BCUT2D eigenvalue weighted by atomic mass is 16.5. The van der Waals surface area contributed by atoms with Gasteiger partial charge in [-0.05, 0) is 67.3 Å². The zero-order valence-electron chi connectivity index (χ0n) is 16.4. The Morgan fingerprint density at radius 1 is 1.14 bits per heavy atom. The Bertz CT molecular complexity index is 891. The van der Waals surface area contributed by atoms with E-state index in [1.54, 1.807) is 7.11 Å². The molecule has 0 saturated carbocycles. The Balaban J connectivity index is 1.20. The Kier molecular flexibility index (Phi) is 5.63. The number of ether oxygens (including phenoxy) is 2. The van der Waals surface area contributed by atoms with Crippen molar-refractivity contribution < 1.29 is 9.47 Å². The molecule has 2 aromatic rings. The van der Waals surface area contributed by atoms with Crippen LogP contribution in [0.2, 0.25) is 0 Å². The summed E-state index contributed by atoms with van der Waals surface area (Å²) in [5, 5.41) is 3.17. The van der Waals surface area contributed by atoms with Crippen molar-refractivity contribution >= 4 is 11.9 Å². The first-order chi connectivity index (χ1) is 13.7. The number of nitrogens with one attached hydrogen (secondary N) is 1. The maximum absolute atomic E-state index is 5.84. The number of hydrogen-bond donors (Lipinski definition) is 1. The van der Waals surface area contributed by atoms with Gasteiger partial charge < -0.3 is 14.8 Å². The van der Waals surface area contributed by atoms with Crippen LogP contribution in [-0.2, 0) is 13.0 Å². The number of anilines is 1. The van der Waals surface area contributed by atoms with Crippen LogP contribution in [0, 0.1) is 0 Å². The van der Waals surface area contributed by atoms with Crippen LogP contribution in [0.3, 0.4) is 0 Å². The Morgan fingerprint density at radius 2 is 2.07 bits per heavy atom. The summed E-state index contributed by atoms with van der Waals surface area (Å²) in [6.07, 6.45) is 7.19. The average Bonchev–Trinajstić information content (AvgIpc) is 2.72. The van der Waals surface area contributed by atoms with Gasteiger partial charge in [0.1, 0.15) is 11.6 Å². The summed E-state index contributed by atoms with van der Waals surface area (Å²) >= 11 is 0. The fourth-order valence-corrected chi connectivity index (χ4v) is 3.67. The third-order valence-electron chi connectivity index (χ3n) is 5.27. The molecule has 0 spiro atoms. The van der Waals surface area contributed by atoms with E-state index in [0.29, 0.717) is 12.5 Å². The van der Waals surface area contributed by atoms with Crippen LogP contribution < -0.4 is 14.8 Å². The zero-order chi connectivity index (χ0) is 19.3.